The van der Waals surface area contributed by atoms with Gasteiger partial charge in [0.25, 0.3) is 0 Å². The normalized spacial score (nSPS) is 11.2. The maximum atomic E-state index is 9.59. The summed E-state index contributed by atoms with van der Waals surface area (Å²) in [6.07, 6.45) is 1.87. The van der Waals surface area contributed by atoms with Crippen molar-refractivity contribution < 1.29 is 9.47 Å². The maximum absolute atomic E-state index is 9.59. The van der Waals surface area contributed by atoms with Gasteiger partial charge < -0.3 is 9.47 Å². The van der Waals surface area contributed by atoms with Crippen molar-refractivity contribution in [2.24, 2.45) is 0 Å². The van der Waals surface area contributed by atoms with Crippen molar-refractivity contribution in [3.63, 3.8) is 0 Å². The first kappa shape index (κ1) is 20.3. The number of hydrogen-bond acceptors (Lipinski definition) is 3. The molecule has 31 heavy (non-hydrogen) atoms. The molecule has 152 valence electrons. The summed E-state index contributed by atoms with van der Waals surface area (Å²) in [5.41, 5.74) is 3.51. The average Bonchev–Trinajstić information content (AvgIpc) is 2.82. The molecule has 0 fully saturated rings. The molecule has 0 aromatic heterocycles. The molecule has 0 heterocycles. The van der Waals surface area contributed by atoms with Gasteiger partial charge in [0.2, 0.25) is 0 Å². The van der Waals surface area contributed by atoms with E-state index >= 15 is 0 Å². The maximum Gasteiger partial charge on any atom is 0.161 e. The fourth-order valence-corrected chi connectivity index (χ4v) is 3.54. The van der Waals surface area contributed by atoms with Crippen molar-refractivity contribution in [2.45, 2.75) is 13.5 Å². The van der Waals surface area contributed by atoms with Gasteiger partial charge in [-0.25, -0.2) is 0 Å². The molecule has 0 unspecified atom stereocenters. The first-order valence-corrected chi connectivity index (χ1v) is 10.3. The molecule has 0 bridgehead atoms. The Bertz CT molecular complexity index is 1250. The summed E-state index contributed by atoms with van der Waals surface area (Å²) >= 11 is 0. The van der Waals surface area contributed by atoms with Crippen molar-refractivity contribution in [1.29, 1.82) is 5.26 Å². The fourth-order valence-electron chi connectivity index (χ4n) is 3.54. The van der Waals surface area contributed by atoms with Crippen molar-refractivity contribution >= 4 is 22.4 Å². The lowest BCUT2D eigenvalue weighted by Crippen LogP contribution is -2.00. The second-order valence-electron chi connectivity index (χ2n) is 7.10. The number of rotatable bonds is 7. The van der Waals surface area contributed by atoms with Crippen LogP contribution in [0.4, 0.5) is 0 Å². The first-order chi connectivity index (χ1) is 15.3. The van der Waals surface area contributed by atoms with Gasteiger partial charge in [0, 0.05) is 0 Å². The van der Waals surface area contributed by atoms with Crippen LogP contribution < -0.4 is 9.47 Å². The molecule has 3 heteroatoms. The van der Waals surface area contributed by atoms with E-state index in [9.17, 15) is 5.26 Å². The number of fused-ring (bicyclic) bond motifs is 1. The lowest BCUT2D eigenvalue weighted by Gasteiger charge is -2.14. The molecule has 0 aliphatic rings. The summed E-state index contributed by atoms with van der Waals surface area (Å²) in [5.74, 6) is 1.35. The van der Waals surface area contributed by atoms with Crippen molar-refractivity contribution in [2.75, 3.05) is 6.61 Å². The quantitative estimate of drug-likeness (QED) is 0.248. The third kappa shape index (κ3) is 4.76. The molecule has 0 atom stereocenters. The minimum atomic E-state index is 0.448. The number of nitrogens with zero attached hydrogens (tertiary/aromatic N) is 1. The number of hydrogen-bond donors (Lipinski definition) is 0. The highest BCUT2D eigenvalue weighted by atomic mass is 16.5. The van der Waals surface area contributed by atoms with Crippen LogP contribution in [-0.4, -0.2) is 6.61 Å². The molecule has 0 saturated heterocycles. The summed E-state index contributed by atoms with van der Waals surface area (Å²) in [6.45, 7) is 2.92. The van der Waals surface area contributed by atoms with E-state index in [1.165, 1.54) is 10.8 Å². The molecule has 0 aliphatic carbocycles. The van der Waals surface area contributed by atoms with E-state index in [0.717, 1.165) is 16.7 Å². The average molecular weight is 405 g/mol. The molecule has 0 aliphatic heterocycles. The van der Waals surface area contributed by atoms with Crippen LogP contribution in [0.5, 0.6) is 11.5 Å². The highest BCUT2D eigenvalue weighted by Crippen LogP contribution is 2.31. The van der Waals surface area contributed by atoms with E-state index in [2.05, 4.69) is 30.3 Å². The van der Waals surface area contributed by atoms with Crippen LogP contribution >= 0.6 is 0 Å². The standard InChI is InChI=1S/C28H23NO2/c1-2-30-28-18-21(17-25(19-29)22-9-4-3-5-10-22)15-16-27(28)31-20-24-13-8-12-23-11-6-7-14-26(23)24/h3-18H,2,20H2,1H3/b25-17-. The second kappa shape index (κ2) is 9.65. The molecule has 0 N–H and O–H groups in total. The largest absolute Gasteiger partial charge is 0.490 e. The van der Waals surface area contributed by atoms with Crippen LogP contribution in [0.2, 0.25) is 0 Å². The molecule has 0 spiro atoms. The topological polar surface area (TPSA) is 42.2 Å². The molecule has 0 saturated carbocycles. The Morgan fingerprint density at radius 2 is 1.61 bits per heavy atom. The predicted octanol–water partition coefficient (Wildman–Crippen LogP) is 6.88. The lowest BCUT2D eigenvalue weighted by molar-refractivity contribution is 0.270. The van der Waals surface area contributed by atoms with Gasteiger partial charge in [0.05, 0.1) is 18.2 Å². The Balaban J connectivity index is 1.60. The molecule has 4 aromatic rings. The zero-order chi connectivity index (χ0) is 21.5. The molecular formula is C28H23NO2. The monoisotopic (exact) mass is 405 g/mol. The lowest BCUT2D eigenvalue weighted by atomic mass is 10.0. The molecular weight excluding hydrogens is 382 g/mol. The Morgan fingerprint density at radius 3 is 2.42 bits per heavy atom. The summed E-state index contributed by atoms with van der Waals surface area (Å²) in [4.78, 5) is 0. The van der Waals surface area contributed by atoms with Crippen LogP contribution in [0.3, 0.4) is 0 Å². The Kier molecular flexibility index (Phi) is 6.30. The van der Waals surface area contributed by atoms with Gasteiger partial charge in [0.1, 0.15) is 6.61 Å². The molecule has 4 aromatic carbocycles. The fraction of sp³-hybridized carbons (Fsp3) is 0.107. The van der Waals surface area contributed by atoms with Crippen molar-refractivity contribution in [3.8, 4) is 17.6 Å². The highest BCUT2D eigenvalue weighted by molar-refractivity contribution is 5.90. The van der Waals surface area contributed by atoms with Crippen LogP contribution in [0, 0.1) is 11.3 Å². The van der Waals surface area contributed by atoms with Crippen molar-refractivity contribution in [1.82, 2.24) is 0 Å². The van der Waals surface area contributed by atoms with Gasteiger partial charge >= 0.3 is 0 Å². The third-order valence-electron chi connectivity index (χ3n) is 5.05. The van der Waals surface area contributed by atoms with Gasteiger partial charge in [-0.05, 0) is 52.6 Å². The molecule has 4 rings (SSSR count). The highest BCUT2D eigenvalue weighted by Gasteiger charge is 2.09. The van der Waals surface area contributed by atoms with Gasteiger partial charge in [-0.15, -0.1) is 0 Å². The summed E-state index contributed by atoms with van der Waals surface area (Å²) in [7, 11) is 0. The number of ether oxygens (including phenoxy) is 2. The van der Waals surface area contributed by atoms with Gasteiger partial charge in [-0.2, -0.15) is 5.26 Å². The summed E-state index contributed by atoms with van der Waals surface area (Å²) in [5, 5.41) is 12.0. The second-order valence-corrected chi connectivity index (χ2v) is 7.10. The minimum absolute atomic E-state index is 0.448. The molecule has 0 radical (unpaired) electrons. The first-order valence-electron chi connectivity index (χ1n) is 10.3. The van der Waals surface area contributed by atoms with E-state index in [-0.39, 0.29) is 0 Å². The van der Waals surface area contributed by atoms with E-state index in [4.69, 9.17) is 9.47 Å². The van der Waals surface area contributed by atoms with E-state index in [0.29, 0.717) is 30.3 Å². The predicted molar refractivity (Wildman–Crippen MR) is 126 cm³/mol. The Hall–Kier alpha value is -4.03. The Morgan fingerprint density at radius 1 is 0.839 bits per heavy atom. The SMILES string of the molecule is CCOc1cc(/C=C(/C#N)c2ccccc2)ccc1OCc1cccc2ccccc12. The number of allylic oxidation sites excluding steroid dienone is 1. The zero-order valence-corrected chi connectivity index (χ0v) is 17.4. The van der Waals surface area contributed by atoms with E-state index in [1.807, 2.05) is 79.7 Å². The summed E-state index contributed by atoms with van der Waals surface area (Å²) in [6, 6.07) is 32.2. The third-order valence-corrected chi connectivity index (χ3v) is 5.05. The minimum Gasteiger partial charge on any atom is -0.490 e. The van der Waals surface area contributed by atoms with Crippen LogP contribution in [0.25, 0.3) is 22.4 Å². The van der Waals surface area contributed by atoms with Gasteiger partial charge in [-0.3, -0.25) is 0 Å². The van der Waals surface area contributed by atoms with Crippen molar-refractivity contribution in [3.05, 3.63) is 108 Å². The number of nitriles is 1. The van der Waals surface area contributed by atoms with E-state index < -0.39 is 0 Å². The number of benzene rings is 4. The van der Waals surface area contributed by atoms with Gasteiger partial charge in [-0.1, -0.05) is 78.9 Å². The smallest absolute Gasteiger partial charge is 0.161 e. The van der Waals surface area contributed by atoms with Crippen LogP contribution in [0.1, 0.15) is 23.6 Å². The zero-order valence-electron chi connectivity index (χ0n) is 17.4. The van der Waals surface area contributed by atoms with Gasteiger partial charge in [0.15, 0.2) is 11.5 Å². The Labute approximate surface area is 182 Å². The van der Waals surface area contributed by atoms with Crippen LogP contribution in [0.15, 0.2) is 91.0 Å². The van der Waals surface area contributed by atoms with Crippen LogP contribution in [-0.2, 0) is 6.61 Å². The summed E-state index contributed by atoms with van der Waals surface area (Å²) < 4.78 is 12.0. The molecule has 3 nitrogen and oxygen atoms in total. The molecule has 0 amide bonds. The van der Waals surface area contributed by atoms with E-state index in [1.54, 1.807) is 0 Å².